The van der Waals surface area contributed by atoms with Crippen molar-refractivity contribution in [3.05, 3.63) is 65.2 Å². The van der Waals surface area contributed by atoms with Gasteiger partial charge in [-0.3, -0.25) is 4.57 Å². The summed E-state index contributed by atoms with van der Waals surface area (Å²) in [4.78, 5) is 9.28. The highest BCUT2D eigenvalue weighted by atomic mass is 32.2. The van der Waals surface area contributed by atoms with Gasteiger partial charge in [0.05, 0.1) is 6.61 Å². The number of thioether (sulfide) groups is 1. The molecule has 182 valence electrons. The Morgan fingerprint density at radius 2 is 1.82 bits per heavy atom. The van der Waals surface area contributed by atoms with Gasteiger partial charge in [0.1, 0.15) is 11.6 Å². The SMILES string of the molecule is O=[PH](O)OCCCNCc1ccc(SCCCCC2(c3ccc(F)cc3)CCCC2)c(F)c1. The zero-order valence-electron chi connectivity index (χ0n) is 19.0. The number of hydrogen-bond acceptors (Lipinski definition) is 4. The molecule has 3 rings (SSSR count). The maximum Gasteiger partial charge on any atom is 0.316 e. The van der Waals surface area contributed by atoms with Crippen LogP contribution >= 0.6 is 20.0 Å². The van der Waals surface area contributed by atoms with E-state index in [1.54, 1.807) is 30.0 Å². The number of nitrogens with one attached hydrogen (secondary N) is 1. The van der Waals surface area contributed by atoms with Crippen molar-refractivity contribution in [1.82, 2.24) is 5.32 Å². The molecule has 2 N–H and O–H groups in total. The predicted molar refractivity (Wildman–Crippen MR) is 131 cm³/mol. The Labute approximate surface area is 200 Å². The number of benzene rings is 2. The van der Waals surface area contributed by atoms with E-state index in [1.165, 1.54) is 31.2 Å². The Balaban J connectivity index is 1.38. The molecule has 4 nitrogen and oxygen atoms in total. The maximum absolute atomic E-state index is 14.5. The van der Waals surface area contributed by atoms with Crippen molar-refractivity contribution in [2.24, 2.45) is 0 Å². The number of halogens is 2. The van der Waals surface area contributed by atoms with E-state index in [9.17, 15) is 13.3 Å². The van der Waals surface area contributed by atoms with Gasteiger partial charge in [-0.05, 0) is 85.2 Å². The van der Waals surface area contributed by atoms with Crippen molar-refractivity contribution in [1.29, 1.82) is 0 Å². The second-order valence-corrected chi connectivity index (χ2v) is 10.7. The molecule has 0 amide bonds. The summed E-state index contributed by atoms with van der Waals surface area (Å²) in [5, 5.41) is 3.18. The Hall–Kier alpha value is -1.24. The van der Waals surface area contributed by atoms with E-state index in [-0.39, 0.29) is 23.7 Å². The van der Waals surface area contributed by atoms with E-state index in [2.05, 4.69) is 9.84 Å². The first-order valence-corrected chi connectivity index (χ1v) is 14.0. The first kappa shape index (κ1) is 26.4. The molecule has 0 heterocycles. The molecule has 1 aliphatic rings. The summed E-state index contributed by atoms with van der Waals surface area (Å²) in [5.74, 6) is 0.501. The Kier molecular flexibility index (Phi) is 10.9. The van der Waals surface area contributed by atoms with Crippen molar-refractivity contribution in [3.63, 3.8) is 0 Å². The third-order valence-corrected chi connectivity index (χ3v) is 7.96. The normalized spacial score (nSPS) is 16.2. The monoisotopic (exact) mass is 497 g/mol. The first-order valence-electron chi connectivity index (χ1n) is 11.7. The first-order chi connectivity index (χ1) is 16.0. The summed E-state index contributed by atoms with van der Waals surface area (Å²) in [5.41, 5.74) is 2.32. The molecule has 8 heteroatoms. The standard InChI is InChI=1S/C25H34F2NO3PS/c26-22-9-7-21(8-10-22)25(12-1-2-13-25)14-3-4-17-33-24-11-6-20(18-23(24)27)19-28-15-5-16-31-32(29)30/h6-11,18,28,32H,1-5,12-17,19H2,(H,29,30). The summed E-state index contributed by atoms with van der Waals surface area (Å²) in [6.45, 7) is 1.41. The minimum absolute atomic E-state index is 0.181. The van der Waals surface area contributed by atoms with E-state index < -0.39 is 8.25 Å². The fourth-order valence-corrected chi connectivity index (χ4v) is 5.89. The van der Waals surface area contributed by atoms with E-state index in [0.717, 1.165) is 30.6 Å². The van der Waals surface area contributed by atoms with Gasteiger partial charge in [0, 0.05) is 11.4 Å². The largest absolute Gasteiger partial charge is 0.326 e. The summed E-state index contributed by atoms with van der Waals surface area (Å²) in [6, 6.07) is 12.4. The van der Waals surface area contributed by atoms with Crippen LogP contribution in [0, 0.1) is 11.6 Å². The number of unbranched alkanes of at least 4 members (excludes halogenated alkanes) is 1. The highest BCUT2D eigenvalue weighted by Crippen LogP contribution is 2.45. The van der Waals surface area contributed by atoms with Gasteiger partial charge in [0.25, 0.3) is 0 Å². The third kappa shape index (κ3) is 8.48. The topological polar surface area (TPSA) is 58.6 Å². The van der Waals surface area contributed by atoms with E-state index in [4.69, 9.17) is 4.89 Å². The molecule has 1 aliphatic carbocycles. The van der Waals surface area contributed by atoms with Crippen molar-refractivity contribution < 1.29 is 22.8 Å². The van der Waals surface area contributed by atoms with Crippen LogP contribution in [0.2, 0.25) is 0 Å². The van der Waals surface area contributed by atoms with Crippen LogP contribution in [0.4, 0.5) is 8.78 Å². The van der Waals surface area contributed by atoms with Crippen LogP contribution in [0.1, 0.15) is 62.5 Å². The van der Waals surface area contributed by atoms with Crippen LogP contribution in [-0.4, -0.2) is 23.8 Å². The molecule has 0 saturated heterocycles. The molecule has 1 saturated carbocycles. The van der Waals surface area contributed by atoms with Crippen LogP contribution < -0.4 is 5.32 Å². The molecular formula is C25H34F2NO3PS. The molecule has 1 atom stereocenters. The molecule has 0 radical (unpaired) electrons. The molecule has 0 spiro atoms. The molecule has 2 aromatic rings. The molecule has 1 fully saturated rings. The van der Waals surface area contributed by atoms with E-state index in [1.807, 2.05) is 24.3 Å². The predicted octanol–water partition coefficient (Wildman–Crippen LogP) is 6.62. The summed E-state index contributed by atoms with van der Waals surface area (Å²) in [6.07, 6.45) is 8.65. The van der Waals surface area contributed by atoms with Crippen LogP contribution in [-0.2, 0) is 21.0 Å². The number of hydrogen-bond donors (Lipinski definition) is 2. The van der Waals surface area contributed by atoms with Crippen LogP contribution in [0.25, 0.3) is 0 Å². The third-order valence-electron chi connectivity index (χ3n) is 6.37. The lowest BCUT2D eigenvalue weighted by Gasteiger charge is -2.30. The van der Waals surface area contributed by atoms with Gasteiger partial charge in [-0.1, -0.05) is 37.5 Å². The molecule has 1 unspecified atom stereocenters. The highest BCUT2D eigenvalue weighted by Gasteiger charge is 2.34. The van der Waals surface area contributed by atoms with Gasteiger partial charge in [-0.2, -0.15) is 0 Å². The molecular weight excluding hydrogens is 463 g/mol. The summed E-state index contributed by atoms with van der Waals surface area (Å²) < 4.78 is 42.9. The quantitative estimate of drug-likeness (QED) is 0.175. The van der Waals surface area contributed by atoms with Gasteiger partial charge in [-0.15, -0.1) is 11.8 Å². The summed E-state index contributed by atoms with van der Waals surface area (Å²) in [7, 11) is -2.86. The van der Waals surface area contributed by atoms with Gasteiger partial charge in [0.15, 0.2) is 0 Å². The molecule has 2 aromatic carbocycles. The molecule has 0 aromatic heterocycles. The molecule has 33 heavy (non-hydrogen) atoms. The van der Waals surface area contributed by atoms with Gasteiger partial charge in [-0.25, -0.2) is 8.78 Å². The summed E-state index contributed by atoms with van der Waals surface area (Å²) >= 11 is 1.56. The van der Waals surface area contributed by atoms with E-state index >= 15 is 0 Å². The van der Waals surface area contributed by atoms with Gasteiger partial charge in [0.2, 0.25) is 0 Å². The minimum Gasteiger partial charge on any atom is -0.326 e. The second-order valence-electron chi connectivity index (χ2n) is 8.71. The molecule has 0 bridgehead atoms. The number of rotatable bonds is 14. The average Bonchev–Trinajstić information content (AvgIpc) is 3.27. The lowest BCUT2D eigenvalue weighted by molar-refractivity contribution is 0.276. The van der Waals surface area contributed by atoms with Crippen LogP contribution in [0.15, 0.2) is 47.4 Å². The van der Waals surface area contributed by atoms with Crippen molar-refractivity contribution in [2.75, 3.05) is 18.9 Å². The maximum atomic E-state index is 14.5. The fourth-order valence-electron chi connectivity index (χ4n) is 4.65. The van der Waals surface area contributed by atoms with Gasteiger partial charge >= 0.3 is 8.25 Å². The zero-order chi connectivity index (χ0) is 23.5. The highest BCUT2D eigenvalue weighted by molar-refractivity contribution is 7.99. The second kappa shape index (κ2) is 13.6. The van der Waals surface area contributed by atoms with Crippen molar-refractivity contribution >= 4 is 20.0 Å². The van der Waals surface area contributed by atoms with Crippen molar-refractivity contribution in [3.8, 4) is 0 Å². The van der Waals surface area contributed by atoms with Crippen LogP contribution in [0.3, 0.4) is 0 Å². The average molecular weight is 498 g/mol. The minimum atomic E-state index is -2.86. The molecule has 0 aliphatic heterocycles. The van der Waals surface area contributed by atoms with Crippen LogP contribution in [0.5, 0.6) is 0 Å². The van der Waals surface area contributed by atoms with Crippen molar-refractivity contribution in [2.45, 2.75) is 68.2 Å². The van der Waals surface area contributed by atoms with E-state index in [0.29, 0.717) is 24.4 Å². The lowest BCUT2D eigenvalue weighted by atomic mass is 9.75. The fraction of sp³-hybridized carbons (Fsp3) is 0.520. The lowest BCUT2D eigenvalue weighted by Crippen LogP contribution is -2.22. The van der Waals surface area contributed by atoms with Gasteiger partial charge < -0.3 is 14.7 Å². The smallest absolute Gasteiger partial charge is 0.316 e. The Morgan fingerprint density at radius 1 is 1.06 bits per heavy atom. The zero-order valence-corrected chi connectivity index (χ0v) is 20.8. The Morgan fingerprint density at radius 3 is 2.52 bits per heavy atom. The Bertz CT molecular complexity index is 892.